The summed E-state index contributed by atoms with van der Waals surface area (Å²) in [6.07, 6.45) is 0. The number of carboxylic acid groups (broad SMARTS) is 1. The van der Waals surface area contributed by atoms with Gasteiger partial charge in [0.25, 0.3) is 5.56 Å². The Bertz CT molecular complexity index is 652. The fourth-order valence-electron chi connectivity index (χ4n) is 1.34. The Morgan fingerprint density at radius 1 is 1.32 bits per heavy atom. The minimum atomic E-state index is -0.951. The van der Waals surface area contributed by atoms with Crippen LogP contribution in [-0.2, 0) is 5.75 Å². The third-order valence-corrected chi connectivity index (χ3v) is 3.35. The van der Waals surface area contributed by atoms with E-state index in [2.05, 4.69) is 15.2 Å². The van der Waals surface area contributed by atoms with E-state index in [1.54, 1.807) is 31.2 Å². The van der Waals surface area contributed by atoms with Gasteiger partial charge in [-0.15, -0.1) is 10.2 Å². The molecule has 0 saturated heterocycles. The minimum Gasteiger partial charge on any atom is -0.478 e. The van der Waals surface area contributed by atoms with Crippen molar-refractivity contribution in [1.29, 1.82) is 0 Å². The highest BCUT2D eigenvalue weighted by Gasteiger charge is 2.04. The van der Waals surface area contributed by atoms with Gasteiger partial charge in [0.2, 0.25) is 0 Å². The van der Waals surface area contributed by atoms with Crippen molar-refractivity contribution in [1.82, 2.24) is 15.2 Å². The van der Waals surface area contributed by atoms with Crippen LogP contribution < -0.4 is 5.56 Å². The van der Waals surface area contributed by atoms with Crippen LogP contribution in [0.25, 0.3) is 0 Å². The van der Waals surface area contributed by atoms with Gasteiger partial charge in [0, 0.05) is 5.75 Å². The highest BCUT2D eigenvalue weighted by atomic mass is 32.2. The Kier molecular flexibility index (Phi) is 3.96. The third kappa shape index (κ3) is 3.41. The zero-order chi connectivity index (χ0) is 13.8. The maximum atomic E-state index is 11.3. The maximum absolute atomic E-state index is 11.3. The molecule has 0 aliphatic rings. The van der Waals surface area contributed by atoms with Crippen LogP contribution in [0.4, 0.5) is 0 Å². The molecule has 2 aromatic rings. The summed E-state index contributed by atoms with van der Waals surface area (Å²) >= 11 is 1.33. The molecule has 1 aromatic carbocycles. The quantitative estimate of drug-likeness (QED) is 0.821. The molecular weight excluding hydrogens is 266 g/mol. The summed E-state index contributed by atoms with van der Waals surface area (Å²) in [4.78, 5) is 24.6. The first-order valence-electron chi connectivity index (χ1n) is 5.45. The lowest BCUT2D eigenvalue weighted by Crippen LogP contribution is -2.14. The summed E-state index contributed by atoms with van der Waals surface area (Å²) in [5, 5.41) is 16.8. The van der Waals surface area contributed by atoms with E-state index in [0.717, 1.165) is 5.56 Å². The molecule has 2 rings (SSSR count). The highest BCUT2D eigenvalue weighted by molar-refractivity contribution is 7.98. The Labute approximate surface area is 112 Å². The molecule has 1 aromatic heterocycles. The number of nitrogens with one attached hydrogen (secondary N) is 1. The summed E-state index contributed by atoms with van der Waals surface area (Å²) in [6, 6.07) is 6.55. The largest absolute Gasteiger partial charge is 0.478 e. The number of aromatic amines is 1. The van der Waals surface area contributed by atoms with Gasteiger partial charge in [-0.25, -0.2) is 4.79 Å². The molecule has 0 atom stereocenters. The van der Waals surface area contributed by atoms with E-state index in [-0.39, 0.29) is 11.1 Å². The Morgan fingerprint density at radius 2 is 2.00 bits per heavy atom. The van der Waals surface area contributed by atoms with E-state index in [1.807, 2.05) is 0 Å². The Hall–Kier alpha value is -2.15. The van der Waals surface area contributed by atoms with Gasteiger partial charge in [-0.1, -0.05) is 23.9 Å². The summed E-state index contributed by atoms with van der Waals surface area (Å²) in [5.74, 6) is -0.374. The Balaban J connectivity index is 2.04. The number of hydrogen-bond donors (Lipinski definition) is 2. The smallest absolute Gasteiger partial charge is 0.335 e. The first-order valence-corrected chi connectivity index (χ1v) is 6.43. The predicted octanol–water partition coefficient (Wildman–Crippen LogP) is 1.46. The number of hydrogen-bond acceptors (Lipinski definition) is 5. The molecule has 7 heteroatoms. The van der Waals surface area contributed by atoms with Crippen molar-refractivity contribution < 1.29 is 9.90 Å². The van der Waals surface area contributed by atoms with Crippen molar-refractivity contribution in [3.63, 3.8) is 0 Å². The van der Waals surface area contributed by atoms with Crippen LogP contribution in [0.1, 0.15) is 21.6 Å². The Morgan fingerprint density at radius 3 is 2.58 bits per heavy atom. The normalized spacial score (nSPS) is 10.4. The number of thioether (sulfide) groups is 1. The zero-order valence-corrected chi connectivity index (χ0v) is 10.9. The van der Waals surface area contributed by atoms with Crippen LogP contribution >= 0.6 is 11.8 Å². The average molecular weight is 277 g/mol. The molecule has 0 amide bonds. The molecule has 0 spiro atoms. The SMILES string of the molecule is Cc1nnc(SCc2ccc(C(=O)O)cc2)[nH]c1=O. The topological polar surface area (TPSA) is 95.9 Å². The molecule has 0 aliphatic carbocycles. The van der Waals surface area contributed by atoms with Crippen molar-refractivity contribution in [2.24, 2.45) is 0 Å². The minimum absolute atomic E-state index is 0.247. The number of aromatic nitrogens is 3. The van der Waals surface area contributed by atoms with Crippen LogP contribution in [0.2, 0.25) is 0 Å². The lowest BCUT2D eigenvalue weighted by molar-refractivity contribution is 0.0697. The summed E-state index contributed by atoms with van der Waals surface area (Å²) in [6.45, 7) is 1.59. The van der Waals surface area contributed by atoms with Crippen LogP contribution in [0.3, 0.4) is 0 Å². The van der Waals surface area contributed by atoms with Crippen molar-refractivity contribution in [2.75, 3.05) is 0 Å². The summed E-state index contributed by atoms with van der Waals surface area (Å²) < 4.78 is 0. The summed E-state index contributed by atoms with van der Waals surface area (Å²) in [5.41, 5.74) is 1.27. The zero-order valence-electron chi connectivity index (χ0n) is 10.1. The highest BCUT2D eigenvalue weighted by Crippen LogP contribution is 2.17. The second-order valence-electron chi connectivity index (χ2n) is 3.84. The van der Waals surface area contributed by atoms with E-state index < -0.39 is 5.97 Å². The van der Waals surface area contributed by atoms with E-state index in [0.29, 0.717) is 16.6 Å². The van der Waals surface area contributed by atoms with Gasteiger partial charge in [-0.05, 0) is 24.6 Å². The molecule has 0 saturated carbocycles. The maximum Gasteiger partial charge on any atom is 0.335 e. The van der Waals surface area contributed by atoms with Gasteiger partial charge in [-0.2, -0.15) is 0 Å². The fraction of sp³-hybridized carbons (Fsp3) is 0.167. The molecule has 98 valence electrons. The number of aromatic carboxylic acids is 1. The number of benzene rings is 1. The molecule has 6 nitrogen and oxygen atoms in total. The molecule has 1 heterocycles. The van der Waals surface area contributed by atoms with E-state index in [9.17, 15) is 9.59 Å². The van der Waals surface area contributed by atoms with Crippen LogP contribution in [0.15, 0.2) is 34.2 Å². The number of carbonyl (C=O) groups is 1. The van der Waals surface area contributed by atoms with Crippen LogP contribution in [0.5, 0.6) is 0 Å². The van der Waals surface area contributed by atoms with E-state index in [4.69, 9.17) is 5.11 Å². The third-order valence-electron chi connectivity index (χ3n) is 2.42. The van der Waals surface area contributed by atoms with Gasteiger partial charge in [0.05, 0.1) is 5.56 Å². The lowest BCUT2D eigenvalue weighted by Gasteiger charge is -2.01. The standard InChI is InChI=1S/C12H11N3O3S/c1-7-10(16)13-12(15-14-7)19-6-8-2-4-9(5-3-8)11(17)18/h2-5H,6H2,1H3,(H,17,18)(H,13,15,16). The molecule has 0 radical (unpaired) electrons. The monoisotopic (exact) mass is 277 g/mol. The first kappa shape index (κ1) is 13.3. The van der Waals surface area contributed by atoms with Crippen LogP contribution in [0, 0.1) is 6.92 Å². The number of rotatable bonds is 4. The predicted molar refractivity (Wildman–Crippen MR) is 70.4 cm³/mol. The lowest BCUT2D eigenvalue weighted by atomic mass is 10.1. The molecule has 0 aliphatic heterocycles. The number of H-pyrrole nitrogens is 1. The molecule has 0 fully saturated rings. The van der Waals surface area contributed by atoms with Crippen LogP contribution in [-0.4, -0.2) is 26.3 Å². The molecular formula is C12H11N3O3S. The van der Waals surface area contributed by atoms with Gasteiger partial charge < -0.3 is 5.11 Å². The summed E-state index contributed by atoms with van der Waals surface area (Å²) in [7, 11) is 0. The van der Waals surface area contributed by atoms with Crippen molar-refractivity contribution in [3.05, 3.63) is 51.4 Å². The molecule has 19 heavy (non-hydrogen) atoms. The van der Waals surface area contributed by atoms with Crippen molar-refractivity contribution in [3.8, 4) is 0 Å². The van der Waals surface area contributed by atoms with Crippen molar-refractivity contribution >= 4 is 17.7 Å². The molecule has 0 bridgehead atoms. The number of nitrogens with zero attached hydrogens (tertiary/aromatic N) is 2. The number of carboxylic acids is 1. The van der Waals surface area contributed by atoms with Crippen molar-refractivity contribution in [2.45, 2.75) is 17.8 Å². The van der Waals surface area contributed by atoms with E-state index in [1.165, 1.54) is 11.8 Å². The van der Waals surface area contributed by atoms with Gasteiger partial charge in [0.15, 0.2) is 5.16 Å². The second kappa shape index (κ2) is 5.66. The first-order chi connectivity index (χ1) is 9.06. The van der Waals surface area contributed by atoms with E-state index >= 15 is 0 Å². The number of aryl methyl sites for hydroxylation is 1. The fourth-order valence-corrected chi connectivity index (χ4v) is 2.10. The average Bonchev–Trinajstić information content (AvgIpc) is 2.40. The van der Waals surface area contributed by atoms with Gasteiger partial charge >= 0.3 is 5.97 Å². The molecule has 2 N–H and O–H groups in total. The molecule has 0 unspecified atom stereocenters. The van der Waals surface area contributed by atoms with Gasteiger partial charge in [0.1, 0.15) is 5.69 Å². The second-order valence-corrected chi connectivity index (χ2v) is 4.80. The van der Waals surface area contributed by atoms with Gasteiger partial charge in [-0.3, -0.25) is 9.78 Å².